The predicted molar refractivity (Wildman–Crippen MR) is 124 cm³/mol. The van der Waals surface area contributed by atoms with Crippen molar-refractivity contribution in [3.8, 4) is 5.75 Å². The van der Waals surface area contributed by atoms with E-state index in [-0.39, 0.29) is 11.4 Å². The Kier molecular flexibility index (Phi) is 7.17. The van der Waals surface area contributed by atoms with Crippen LogP contribution in [-0.4, -0.2) is 35.1 Å². The van der Waals surface area contributed by atoms with Gasteiger partial charge in [0.2, 0.25) is 5.91 Å². The van der Waals surface area contributed by atoms with Gasteiger partial charge in [-0.25, -0.2) is 0 Å². The fourth-order valence-corrected chi connectivity index (χ4v) is 3.88. The van der Waals surface area contributed by atoms with E-state index in [9.17, 15) is 14.4 Å². The number of rotatable bonds is 7. The third-order valence-corrected chi connectivity index (χ3v) is 5.52. The zero-order valence-electron chi connectivity index (χ0n) is 18.1. The number of hydrogen-bond acceptors (Lipinski definition) is 5. The molecule has 6 nitrogen and oxygen atoms in total. The summed E-state index contributed by atoms with van der Waals surface area (Å²) >= 11 is 0.826. The zero-order valence-corrected chi connectivity index (χ0v) is 18.9. The SMILES string of the molecule is Cc1ccc(NC(=O)CN2C(=O)S/C(=C/c3ccccc3OCC(C)C)C2=O)c(C)c1. The van der Waals surface area contributed by atoms with Gasteiger partial charge in [0.25, 0.3) is 11.1 Å². The van der Waals surface area contributed by atoms with Gasteiger partial charge in [-0.1, -0.05) is 49.7 Å². The molecule has 0 aliphatic carbocycles. The first kappa shape index (κ1) is 22.6. The van der Waals surface area contributed by atoms with E-state index < -0.39 is 17.1 Å². The Labute approximate surface area is 186 Å². The van der Waals surface area contributed by atoms with Gasteiger partial charge in [-0.2, -0.15) is 0 Å². The molecule has 1 N–H and O–H groups in total. The van der Waals surface area contributed by atoms with Gasteiger partial charge in [-0.15, -0.1) is 0 Å². The average molecular weight is 439 g/mol. The summed E-state index contributed by atoms with van der Waals surface area (Å²) in [6, 6.07) is 13.0. The minimum Gasteiger partial charge on any atom is -0.493 e. The highest BCUT2D eigenvalue weighted by Crippen LogP contribution is 2.34. The van der Waals surface area contributed by atoms with Crippen LogP contribution in [0, 0.1) is 19.8 Å². The molecule has 0 spiro atoms. The fourth-order valence-electron chi connectivity index (χ4n) is 3.05. The van der Waals surface area contributed by atoms with Crippen molar-refractivity contribution in [2.75, 3.05) is 18.5 Å². The van der Waals surface area contributed by atoms with E-state index in [4.69, 9.17) is 4.74 Å². The second-order valence-corrected chi connectivity index (χ2v) is 8.87. The molecule has 1 aliphatic rings. The van der Waals surface area contributed by atoms with Crippen LogP contribution < -0.4 is 10.1 Å². The highest BCUT2D eigenvalue weighted by atomic mass is 32.2. The Hall–Kier alpha value is -3.06. The van der Waals surface area contributed by atoms with Crippen molar-refractivity contribution in [1.29, 1.82) is 0 Å². The Balaban J connectivity index is 1.72. The van der Waals surface area contributed by atoms with Crippen LogP contribution in [0.15, 0.2) is 47.4 Å². The minimum atomic E-state index is -0.482. The Bertz CT molecular complexity index is 1050. The molecular weight excluding hydrogens is 412 g/mol. The van der Waals surface area contributed by atoms with Gasteiger partial charge < -0.3 is 10.1 Å². The molecule has 31 heavy (non-hydrogen) atoms. The molecule has 3 amide bonds. The zero-order chi connectivity index (χ0) is 22.5. The molecule has 1 saturated heterocycles. The summed E-state index contributed by atoms with van der Waals surface area (Å²) in [5.41, 5.74) is 3.38. The Morgan fingerprint density at radius 2 is 1.90 bits per heavy atom. The van der Waals surface area contributed by atoms with Crippen molar-refractivity contribution < 1.29 is 19.1 Å². The summed E-state index contributed by atoms with van der Waals surface area (Å²) in [6.07, 6.45) is 1.64. The van der Waals surface area contributed by atoms with Crippen molar-refractivity contribution in [1.82, 2.24) is 4.90 Å². The molecule has 7 heteroatoms. The second kappa shape index (κ2) is 9.83. The van der Waals surface area contributed by atoms with Gasteiger partial charge in [0.15, 0.2) is 0 Å². The van der Waals surface area contributed by atoms with E-state index in [2.05, 4.69) is 19.2 Å². The highest BCUT2D eigenvalue weighted by Gasteiger charge is 2.36. The number of aryl methyl sites for hydroxylation is 2. The second-order valence-electron chi connectivity index (χ2n) is 7.88. The highest BCUT2D eigenvalue weighted by molar-refractivity contribution is 8.18. The summed E-state index contributed by atoms with van der Waals surface area (Å²) in [7, 11) is 0. The van der Waals surface area contributed by atoms with Gasteiger partial charge >= 0.3 is 0 Å². The summed E-state index contributed by atoms with van der Waals surface area (Å²) in [4.78, 5) is 38.9. The molecule has 0 aromatic heterocycles. The first-order chi connectivity index (χ1) is 14.7. The lowest BCUT2D eigenvalue weighted by Crippen LogP contribution is -2.36. The van der Waals surface area contributed by atoms with Crippen LogP contribution in [0.2, 0.25) is 0 Å². The van der Waals surface area contributed by atoms with Crippen LogP contribution in [0.5, 0.6) is 5.75 Å². The number of thioether (sulfide) groups is 1. The number of imide groups is 1. The van der Waals surface area contributed by atoms with Crippen LogP contribution in [0.4, 0.5) is 10.5 Å². The number of carbonyl (C=O) groups is 3. The standard InChI is InChI=1S/C24H26N2O4S/c1-15(2)14-30-20-8-6-5-7-18(20)12-21-23(28)26(24(29)31-21)13-22(27)25-19-10-9-16(3)11-17(19)4/h5-12,15H,13-14H2,1-4H3,(H,25,27)/b21-12+. The van der Waals surface area contributed by atoms with Gasteiger partial charge in [0, 0.05) is 11.3 Å². The lowest BCUT2D eigenvalue weighted by molar-refractivity contribution is -0.127. The van der Waals surface area contributed by atoms with Crippen LogP contribution in [-0.2, 0) is 9.59 Å². The van der Waals surface area contributed by atoms with Crippen LogP contribution >= 0.6 is 11.8 Å². The summed E-state index contributed by atoms with van der Waals surface area (Å²) < 4.78 is 5.82. The largest absolute Gasteiger partial charge is 0.493 e. The average Bonchev–Trinajstić information content (AvgIpc) is 2.97. The van der Waals surface area contributed by atoms with Gasteiger partial charge in [-0.3, -0.25) is 19.3 Å². The Morgan fingerprint density at radius 3 is 2.61 bits per heavy atom. The third kappa shape index (κ3) is 5.76. The maximum absolute atomic E-state index is 12.8. The van der Waals surface area contributed by atoms with Crippen LogP contribution in [0.1, 0.15) is 30.5 Å². The molecule has 0 atom stereocenters. The smallest absolute Gasteiger partial charge is 0.294 e. The molecule has 1 fully saturated rings. The normalized spacial score (nSPS) is 15.1. The number of nitrogens with one attached hydrogen (secondary N) is 1. The number of amides is 3. The lowest BCUT2D eigenvalue weighted by atomic mass is 10.1. The maximum atomic E-state index is 12.8. The van der Waals surface area contributed by atoms with Crippen LogP contribution in [0.25, 0.3) is 6.08 Å². The number of anilines is 1. The number of benzene rings is 2. The van der Waals surface area contributed by atoms with Crippen molar-refractivity contribution in [2.45, 2.75) is 27.7 Å². The minimum absolute atomic E-state index is 0.268. The number of nitrogens with zero attached hydrogens (tertiary/aromatic N) is 1. The molecule has 2 aromatic carbocycles. The van der Waals surface area contributed by atoms with E-state index in [1.54, 1.807) is 6.08 Å². The van der Waals surface area contributed by atoms with Crippen LogP contribution in [0.3, 0.4) is 0 Å². The monoisotopic (exact) mass is 438 g/mol. The first-order valence-electron chi connectivity index (χ1n) is 10.1. The van der Waals surface area contributed by atoms with Gasteiger partial charge in [0.05, 0.1) is 11.5 Å². The van der Waals surface area contributed by atoms with Crippen molar-refractivity contribution in [3.05, 3.63) is 64.1 Å². The first-order valence-corrected chi connectivity index (χ1v) is 10.9. The van der Waals surface area contributed by atoms with Gasteiger partial charge in [-0.05, 0) is 55.3 Å². The molecular formula is C24H26N2O4S. The number of ether oxygens (including phenoxy) is 1. The van der Waals surface area contributed by atoms with E-state index in [1.807, 2.05) is 56.3 Å². The number of carbonyl (C=O) groups excluding carboxylic acids is 3. The molecule has 0 unspecified atom stereocenters. The molecule has 0 bridgehead atoms. The molecule has 3 rings (SSSR count). The van der Waals surface area contributed by atoms with Crippen molar-refractivity contribution >= 4 is 40.6 Å². The molecule has 1 aliphatic heterocycles. The summed E-state index contributed by atoms with van der Waals surface area (Å²) in [5, 5.41) is 2.31. The summed E-state index contributed by atoms with van der Waals surface area (Å²) in [5.74, 6) is 0.104. The quantitative estimate of drug-likeness (QED) is 0.615. The molecule has 2 aromatic rings. The van der Waals surface area contributed by atoms with Gasteiger partial charge in [0.1, 0.15) is 12.3 Å². The van der Waals surface area contributed by atoms with E-state index in [0.29, 0.717) is 29.5 Å². The van der Waals surface area contributed by atoms with Crippen molar-refractivity contribution in [2.24, 2.45) is 5.92 Å². The number of hydrogen-bond donors (Lipinski definition) is 1. The Morgan fingerprint density at radius 1 is 1.16 bits per heavy atom. The maximum Gasteiger partial charge on any atom is 0.294 e. The molecule has 0 radical (unpaired) electrons. The van der Waals surface area contributed by atoms with E-state index in [0.717, 1.165) is 27.8 Å². The molecule has 1 heterocycles. The predicted octanol–water partition coefficient (Wildman–Crippen LogP) is 5.01. The van der Waals surface area contributed by atoms with E-state index in [1.165, 1.54) is 0 Å². The lowest BCUT2D eigenvalue weighted by Gasteiger charge is -2.14. The topological polar surface area (TPSA) is 75.7 Å². The third-order valence-electron chi connectivity index (χ3n) is 4.61. The molecule has 0 saturated carbocycles. The van der Waals surface area contributed by atoms with Crippen molar-refractivity contribution in [3.63, 3.8) is 0 Å². The fraction of sp³-hybridized carbons (Fsp3) is 0.292. The number of para-hydroxylation sites is 1. The summed E-state index contributed by atoms with van der Waals surface area (Å²) in [6.45, 7) is 8.18. The van der Waals surface area contributed by atoms with E-state index >= 15 is 0 Å². The molecule has 162 valence electrons.